The first-order valence-electron chi connectivity index (χ1n) is 10.5. The Morgan fingerprint density at radius 3 is 2.50 bits per heavy atom. The van der Waals surface area contributed by atoms with Crippen LogP contribution in [0.5, 0.6) is 11.5 Å². The van der Waals surface area contributed by atoms with Crippen LogP contribution in [0.2, 0.25) is 0 Å². The number of hydrogen-bond donors (Lipinski definition) is 2. The first kappa shape index (κ1) is 21.9. The van der Waals surface area contributed by atoms with Crippen molar-refractivity contribution in [3.8, 4) is 11.5 Å². The molecule has 2 aromatic rings. The zero-order chi connectivity index (χ0) is 22.6. The van der Waals surface area contributed by atoms with Crippen LogP contribution in [0.25, 0.3) is 0 Å². The molecule has 170 valence electrons. The minimum Gasteiger partial charge on any atom is -0.486 e. The fourth-order valence-electron chi connectivity index (χ4n) is 3.61. The van der Waals surface area contributed by atoms with E-state index in [0.717, 1.165) is 13.0 Å². The van der Waals surface area contributed by atoms with E-state index in [2.05, 4.69) is 10.0 Å². The number of nitrogens with zero attached hydrogens (tertiary/aromatic N) is 1. The highest BCUT2D eigenvalue weighted by atomic mass is 32.2. The Morgan fingerprint density at radius 1 is 1.03 bits per heavy atom. The van der Waals surface area contributed by atoms with Gasteiger partial charge in [-0.1, -0.05) is 0 Å². The highest BCUT2D eigenvalue weighted by molar-refractivity contribution is 7.92. The molecule has 1 fully saturated rings. The number of ether oxygens (including phenoxy) is 2. The normalized spacial score (nSPS) is 15.5. The van der Waals surface area contributed by atoms with Crippen molar-refractivity contribution >= 4 is 27.5 Å². The van der Waals surface area contributed by atoms with E-state index < -0.39 is 10.0 Å². The third-order valence-corrected chi connectivity index (χ3v) is 6.66. The topological polar surface area (TPSA) is 114 Å². The molecule has 0 atom stereocenters. The number of likely N-dealkylation sites (tertiary alicyclic amines) is 1. The van der Waals surface area contributed by atoms with Gasteiger partial charge in [-0.05, 0) is 49.2 Å². The van der Waals surface area contributed by atoms with Crippen LogP contribution in [0.15, 0.2) is 47.4 Å². The van der Waals surface area contributed by atoms with E-state index in [9.17, 15) is 18.0 Å². The standard InChI is InChI=1S/C22H25N3O6S/c26-21-3-1-11-25(21)12-2-10-23-22(27)16-4-6-17(7-5-16)24-32(28,29)18-8-9-19-20(15-18)31-14-13-30-19/h4-9,15,24H,1-3,10-14H2,(H,23,27). The van der Waals surface area contributed by atoms with Crippen LogP contribution in [-0.4, -0.2) is 58.0 Å². The summed E-state index contributed by atoms with van der Waals surface area (Å²) in [6, 6.07) is 10.6. The van der Waals surface area contributed by atoms with Gasteiger partial charge in [-0.2, -0.15) is 0 Å². The number of sulfonamides is 1. The average molecular weight is 460 g/mol. The van der Waals surface area contributed by atoms with Gasteiger partial charge in [-0.3, -0.25) is 14.3 Å². The molecule has 32 heavy (non-hydrogen) atoms. The molecule has 10 heteroatoms. The van der Waals surface area contributed by atoms with Gasteiger partial charge in [0.25, 0.3) is 15.9 Å². The number of nitrogens with one attached hydrogen (secondary N) is 2. The Morgan fingerprint density at radius 2 is 1.78 bits per heavy atom. The lowest BCUT2D eigenvalue weighted by molar-refractivity contribution is -0.127. The molecule has 0 spiro atoms. The molecular formula is C22H25N3O6S. The molecule has 2 aliphatic heterocycles. The molecule has 0 aromatic heterocycles. The minimum atomic E-state index is -3.83. The van der Waals surface area contributed by atoms with E-state index in [1.165, 1.54) is 24.3 Å². The van der Waals surface area contributed by atoms with Gasteiger partial charge in [-0.25, -0.2) is 8.42 Å². The number of amides is 2. The van der Waals surface area contributed by atoms with Crippen LogP contribution in [0.4, 0.5) is 5.69 Å². The largest absolute Gasteiger partial charge is 0.486 e. The Hall–Kier alpha value is -3.27. The molecular weight excluding hydrogens is 434 g/mol. The molecule has 2 N–H and O–H groups in total. The molecule has 2 heterocycles. The molecule has 0 saturated carbocycles. The van der Waals surface area contributed by atoms with Crippen LogP contribution in [-0.2, 0) is 14.8 Å². The fourth-order valence-corrected chi connectivity index (χ4v) is 4.68. The van der Waals surface area contributed by atoms with E-state index in [4.69, 9.17) is 9.47 Å². The maximum atomic E-state index is 12.7. The maximum absolute atomic E-state index is 12.7. The van der Waals surface area contributed by atoms with E-state index in [1.807, 2.05) is 4.90 Å². The highest BCUT2D eigenvalue weighted by Crippen LogP contribution is 2.32. The van der Waals surface area contributed by atoms with Gasteiger partial charge in [0.15, 0.2) is 11.5 Å². The van der Waals surface area contributed by atoms with Crippen molar-refractivity contribution in [3.63, 3.8) is 0 Å². The number of hydrogen-bond acceptors (Lipinski definition) is 6. The van der Waals surface area contributed by atoms with Crippen molar-refractivity contribution in [2.24, 2.45) is 0 Å². The second-order valence-electron chi connectivity index (χ2n) is 7.58. The summed E-state index contributed by atoms with van der Waals surface area (Å²) in [6.07, 6.45) is 2.19. The first-order chi connectivity index (χ1) is 15.4. The van der Waals surface area contributed by atoms with Crippen LogP contribution in [0, 0.1) is 0 Å². The molecule has 9 nitrogen and oxygen atoms in total. The van der Waals surface area contributed by atoms with Crippen LogP contribution >= 0.6 is 0 Å². The number of benzene rings is 2. The third-order valence-electron chi connectivity index (χ3n) is 5.28. The van der Waals surface area contributed by atoms with Crippen molar-refractivity contribution in [3.05, 3.63) is 48.0 Å². The van der Waals surface area contributed by atoms with Gasteiger partial charge in [0, 0.05) is 43.4 Å². The molecule has 2 aliphatic rings. The van der Waals surface area contributed by atoms with Crippen LogP contribution in [0.3, 0.4) is 0 Å². The first-order valence-corrected chi connectivity index (χ1v) is 12.0. The van der Waals surface area contributed by atoms with Gasteiger partial charge in [0.1, 0.15) is 13.2 Å². The molecule has 0 bridgehead atoms. The highest BCUT2D eigenvalue weighted by Gasteiger charge is 2.20. The van der Waals surface area contributed by atoms with Crippen molar-refractivity contribution in [2.45, 2.75) is 24.2 Å². The number of anilines is 1. The molecule has 2 amide bonds. The SMILES string of the molecule is O=C(NCCCN1CCCC1=O)c1ccc(NS(=O)(=O)c2ccc3c(c2)OCCO3)cc1. The summed E-state index contributed by atoms with van der Waals surface area (Å²) in [6.45, 7) is 2.68. The molecule has 0 unspecified atom stereocenters. The molecule has 2 aromatic carbocycles. The zero-order valence-corrected chi connectivity index (χ0v) is 18.3. The van der Waals surface area contributed by atoms with Crippen molar-refractivity contribution in [1.82, 2.24) is 10.2 Å². The number of rotatable bonds is 8. The van der Waals surface area contributed by atoms with E-state index in [0.29, 0.717) is 61.9 Å². The van der Waals surface area contributed by atoms with Crippen molar-refractivity contribution < 1.29 is 27.5 Å². The monoisotopic (exact) mass is 459 g/mol. The van der Waals surface area contributed by atoms with E-state index >= 15 is 0 Å². The van der Waals surface area contributed by atoms with Crippen molar-refractivity contribution in [2.75, 3.05) is 37.6 Å². The van der Waals surface area contributed by atoms with Crippen molar-refractivity contribution in [1.29, 1.82) is 0 Å². The van der Waals surface area contributed by atoms with E-state index in [-0.39, 0.29) is 16.7 Å². The smallest absolute Gasteiger partial charge is 0.262 e. The molecule has 0 radical (unpaired) electrons. The van der Waals surface area contributed by atoms with Gasteiger partial charge >= 0.3 is 0 Å². The predicted molar refractivity (Wildman–Crippen MR) is 117 cm³/mol. The molecule has 1 saturated heterocycles. The summed E-state index contributed by atoms with van der Waals surface area (Å²) >= 11 is 0. The Kier molecular flexibility index (Phi) is 6.50. The zero-order valence-electron chi connectivity index (χ0n) is 17.5. The predicted octanol–water partition coefficient (Wildman–Crippen LogP) is 2.00. The summed E-state index contributed by atoms with van der Waals surface area (Å²) in [5.41, 5.74) is 0.758. The summed E-state index contributed by atoms with van der Waals surface area (Å²) < 4.78 is 38.8. The number of carbonyl (C=O) groups is 2. The van der Waals surface area contributed by atoms with E-state index in [1.54, 1.807) is 18.2 Å². The fraction of sp³-hybridized carbons (Fsp3) is 0.364. The summed E-state index contributed by atoms with van der Waals surface area (Å²) in [4.78, 5) is 25.8. The number of carbonyl (C=O) groups excluding carboxylic acids is 2. The Labute approximate surface area is 186 Å². The average Bonchev–Trinajstić information content (AvgIpc) is 3.21. The van der Waals surface area contributed by atoms with Gasteiger partial charge in [-0.15, -0.1) is 0 Å². The molecule has 0 aliphatic carbocycles. The lowest BCUT2D eigenvalue weighted by atomic mass is 10.2. The Balaban J connectivity index is 1.31. The minimum absolute atomic E-state index is 0.0556. The quantitative estimate of drug-likeness (QED) is 0.584. The summed E-state index contributed by atoms with van der Waals surface area (Å²) in [5, 5.41) is 2.82. The van der Waals surface area contributed by atoms with Gasteiger partial charge < -0.3 is 19.7 Å². The Bertz CT molecular complexity index is 1100. The third kappa shape index (κ3) is 5.13. The summed E-state index contributed by atoms with van der Waals surface area (Å²) in [5.74, 6) is 0.822. The maximum Gasteiger partial charge on any atom is 0.262 e. The number of fused-ring (bicyclic) bond motifs is 1. The van der Waals surface area contributed by atoms with Gasteiger partial charge in [0.05, 0.1) is 4.90 Å². The lowest BCUT2D eigenvalue weighted by Crippen LogP contribution is -2.30. The lowest BCUT2D eigenvalue weighted by Gasteiger charge is -2.19. The van der Waals surface area contributed by atoms with Gasteiger partial charge in [0.2, 0.25) is 5.91 Å². The van der Waals surface area contributed by atoms with Crippen LogP contribution in [0.1, 0.15) is 29.6 Å². The molecule has 4 rings (SSSR count). The second-order valence-corrected chi connectivity index (χ2v) is 9.26. The second kappa shape index (κ2) is 9.47. The van der Waals surface area contributed by atoms with Crippen LogP contribution < -0.4 is 19.5 Å². The summed E-state index contributed by atoms with van der Waals surface area (Å²) in [7, 11) is -3.83.